The van der Waals surface area contributed by atoms with Crippen LogP contribution in [0.3, 0.4) is 0 Å². The zero-order valence-corrected chi connectivity index (χ0v) is 48.8. The summed E-state index contributed by atoms with van der Waals surface area (Å²) in [5.74, 6) is 3.33. The van der Waals surface area contributed by atoms with Gasteiger partial charge in [0, 0.05) is 0 Å². The van der Waals surface area contributed by atoms with Crippen molar-refractivity contribution in [3.8, 4) is 45.6 Å². The smallest absolute Gasteiger partial charge is 0.203 e. The fourth-order valence-corrected chi connectivity index (χ4v) is 15.0. The fourth-order valence-electron chi connectivity index (χ4n) is 9.88. The Kier molecular flexibility index (Phi) is 15.3. The molecule has 0 saturated heterocycles. The SMILES string of the molecule is COc1cc(P(c2cc(OC)c(OC)c(OC)c2)c2ccc3ccccc3c2-c2c(P(c3cc(C(C)(C)C)cc(C(C)(C)C)c3)c3cc(C(C)(C)C)cc(C(C)(C)C)c3)ccc3ccccc23)cc(OC)c1OC. The van der Waals surface area contributed by atoms with Crippen molar-refractivity contribution in [3.63, 3.8) is 0 Å². The molecule has 8 aromatic rings. The van der Waals surface area contributed by atoms with Crippen molar-refractivity contribution in [1.29, 1.82) is 0 Å². The monoisotopic (exact) mass is 1030 g/mol. The second-order valence-corrected chi connectivity index (χ2v) is 27.7. The Morgan fingerprint density at radius 1 is 0.297 bits per heavy atom. The van der Waals surface area contributed by atoms with Gasteiger partial charge in [0.25, 0.3) is 0 Å². The largest absolute Gasteiger partial charge is 0.493 e. The van der Waals surface area contributed by atoms with Crippen LogP contribution in [0.25, 0.3) is 32.7 Å². The predicted octanol–water partition coefficient (Wildman–Crippen LogP) is 14.4. The van der Waals surface area contributed by atoms with Crippen LogP contribution in [0.15, 0.2) is 133 Å². The summed E-state index contributed by atoms with van der Waals surface area (Å²) in [5, 5.41) is 11.7. The van der Waals surface area contributed by atoms with Gasteiger partial charge in [0.1, 0.15) is 0 Å². The van der Waals surface area contributed by atoms with E-state index in [1.807, 2.05) is 0 Å². The van der Waals surface area contributed by atoms with Crippen molar-refractivity contribution in [2.75, 3.05) is 42.7 Å². The lowest BCUT2D eigenvalue weighted by molar-refractivity contribution is 0.325. The molecule has 0 spiro atoms. The van der Waals surface area contributed by atoms with Crippen molar-refractivity contribution < 1.29 is 28.4 Å². The number of rotatable bonds is 13. The summed E-state index contributed by atoms with van der Waals surface area (Å²) < 4.78 is 36.4. The maximum atomic E-state index is 6.13. The van der Waals surface area contributed by atoms with E-state index in [2.05, 4.69) is 217 Å². The van der Waals surface area contributed by atoms with E-state index in [-0.39, 0.29) is 21.7 Å². The van der Waals surface area contributed by atoms with Crippen molar-refractivity contribution >= 4 is 69.2 Å². The summed E-state index contributed by atoms with van der Waals surface area (Å²) in [7, 11) is 7.24. The Morgan fingerprint density at radius 3 is 0.824 bits per heavy atom. The Morgan fingerprint density at radius 2 is 0.568 bits per heavy atom. The summed E-state index contributed by atoms with van der Waals surface area (Å²) in [6.45, 7) is 28.1. The van der Waals surface area contributed by atoms with E-state index in [1.165, 1.54) is 60.1 Å². The van der Waals surface area contributed by atoms with Gasteiger partial charge in [0.05, 0.1) is 42.7 Å². The lowest BCUT2D eigenvalue weighted by Gasteiger charge is -2.33. The van der Waals surface area contributed by atoms with Gasteiger partial charge in [-0.1, -0.05) is 192 Å². The third kappa shape index (κ3) is 10.6. The minimum Gasteiger partial charge on any atom is -0.493 e. The molecule has 8 aromatic carbocycles. The van der Waals surface area contributed by atoms with Gasteiger partial charge >= 0.3 is 0 Å². The molecular weight excluding hydrogens is 951 g/mol. The third-order valence-corrected chi connectivity index (χ3v) is 19.0. The van der Waals surface area contributed by atoms with E-state index in [4.69, 9.17) is 28.4 Å². The first-order chi connectivity index (χ1) is 34.9. The Bertz CT molecular complexity index is 3110. The molecule has 74 heavy (non-hydrogen) atoms. The molecule has 8 rings (SSSR count). The van der Waals surface area contributed by atoms with Gasteiger partial charge in [-0.15, -0.1) is 0 Å². The molecule has 0 unspecified atom stereocenters. The first-order valence-corrected chi connectivity index (χ1v) is 28.2. The standard InChI is InChI=1S/C66H76O6P2/c1-63(2,3)43-31-44(64(4,5)6)34-47(33-43)73(48-35-45(65(7,8)9)32-46(36-48)66(10,11)12)57-29-27-41-23-19-21-25-51(41)59(57)60-52-26-22-20-24-42(52)28-30-58(60)74(49-37-53(67-13)61(71-17)54(38-49)68-14)50-39-55(69-15)62(72-18)56(40-50)70-16/h19-40H,1-18H3. The number of hydrogen-bond acceptors (Lipinski definition) is 6. The van der Waals surface area contributed by atoms with Crippen LogP contribution < -0.4 is 60.2 Å². The Hall–Kier alpha value is -6.06. The van der Waals surface area contributed by atoms with Gasteiger partial charge in [0.15, 0.2) is 23.0 Å². The second kappa shape index (κ2) is 20.9. The van der Waals surface area contributed by atoms with Crippen LogP contribution in [-0.2, 0) is 21.7 Å². The molecular formula is C66H76O6P2. The average molecular weight is 1030 g/mol. The number of ether oxygens (including phenoxy) is 6. The molecule has 0 atom stereocenters. The molecule has 0 aliphatic heterocycles. The molecule has 0 aromatic heterocycles. The molecule has 0 aliphatic carbocycles. The van der Waals surface area contributed by atoms with Crippen LogP contribution in [0.5, 0.6) is 34.5 Å². The number of benzene rings is 8. The minimum absolute atomic E-state index is 0.105. The third-order valence-electron chi connectivity index (χ3n) is 14.2. The van der Waals surface area contributed by atoms with Crippen molar-refractivity contribution in [1.82, 2.24) is 0 Å². The molecule has 6 nitrogen and oxygen atoms in total. The molecule has 0 amide bonds. The minimum atomic E-state index is -1.49. The highest BCUT2D eigenvalue weighted by Crippen LogP contribution is 2.50. The van der Waals surface area contributed by atoms with Crippen LogP contribution in [-0.4, -0.2) is 42.7 Å². The second-order valence-electron chi connectivity index (χ2n) is 23.3. The molecule has 0 N–H and O–H groups in total. The maximum absolute atomic E-state index is 6.13. The van der Waals surface area contributed by atoms with E-state index >= 15 is 0 Å². The van der Waals surface area contributed by atoms with Crippen molar-refractivity contribution in [2.45, 2.75) is 105 Å². The average Bonchev–Trinajstić information content (AvgIpc) is 3.36. The number of methoxy groups -OCH3 is 6. The summed E-state index contributed by atoms with van der Waals surface area (Å²) in [5.41, 5.74) is 7.29. The van der Waals surface area contributed by atoms with E-state index in [9.17, 15) is 0 Å². The van der Waals surface area contributed by atoms with Gasteiger partial charge in [-0.2, -0.15) is 0 Å². The van der Waals surface area contributed by atoms with Gasteiger partial charge in [-0.25, -0.2) is 0 Å². The normalized spacial score (nSPS) is 12.4. The summed E-state index contributed by atoms with van der Waals surface area (Å²) in [6.07, 6.45) is 0. The predicted molar refractivity (Wildman–Crippen MR) is 318 cm³/mol. The highest BCUT2D eigenvalue weighted by atomic mass is 31.1. The molecule has 8 heteroatoms. The zero-order chi connectivity index (χ0) is 53.7. The lowest BCUT2D eigenvalue weighted by atomic mass is 9.81. The Labute approximate surface area is 444 Å². The fraction of sp³-hybridized carbons (Fsp3) is 0.333. The topological polar surface area (TPSA) is 55.4 Å². The number of hydrogen-bond donors (Lipinski definition) is 0. The molecule has 386 valence electrons. The maximum Gasteiger partial charge on any atom is 0.203 e. The zero-order valence-electron chi connectivity index (χ0n) is 47.0. The van der Waals surface area contributed by atoms with E-state index in [1.54, 1.807) is 42.7 Å². The molecule has 0 bridgehead atoms. The first kappa shape index (κ1) is 54.2. The molecule has 0 heterocycles. The Balaban J connectivity index is 1.63. The highest BCUT2D eigenvalue weighted by Gasteiger charge is 2.34. The van der Waals surface area contributed by atoms with E-state index in [0.717, 1.165) is 26.7 Å². The van der Waals surface area contributed by atoms with Gasteiger partial charge in [0.2, 0.25) is 11.5 Å². The summed E-state index contributed by atoms with van der Waals surface area (Å²) in [4.78, 5) is 0. The molecule has 0 aliphatic rings. The summed E-state index contributed by atoms with van der Waals surface area (Å²) in [6, 6.07) is 50.7. The van der Waals surface area contributed by atoms with Gasteiger partial charge < -0.3 is 28.4 Å². The molecule has 0 radical (unpaired) electrons. The molecule has 0 saturated carbocycles. The van der Waals surface area contributed by atoms with Gasteiger partial charge in [-0.05, 0) is 149 Å². The van der Waals surface area contributed by atoms with Crippen LogP contribution >= 0.6 is 15.8 Å². The van der Waals surface area contributed by atoms with Crippen LogP contribution in [0.1, 0.15) is 105 Å². The molecule has 0 fully saturated rings. The van der Waals surface area contributed by atoms with Crippen LogP contribution in [0, 0.1) is 0 Å². The highest BCUT2D eigenvalue weighted by molar-refractivity contribution is 7.81. The van der Waals surface area contributed by atoms with E-state index in [0.29, 0.717) is 34.5 Å². The lowest BCUT2D eigenvalue weighted by Crippen LogP contribution is -2.29. The van der Waals surface area contributed by atoms with Crippen LogP contribution in [0.2, 0.25) is 0 Å². The van der Waals surface area contributed by atoms with Crippen molar-refractivity contribution in [3.05, 3.63) is 156 Å². The van der Waals surface area contributed by atoms with E-state index < -0.39 is 15.8 Å². The summed E-state index contributed by atoms with van der Waals surface area (Å²) >= 11 is 0. The first-order valence-electron chi connectivity index (χ1n) is 25.5. The quantitative estimate of drug-likeness (QED) is 0.107. The number of fused-ring (bicyclic) bond motifs is 2. The van der Waals surface area contributed by atoms with Gasteiger partial charge in [-0.3, -0.25) is 0 Å². The van der Waals surface area contributed by atoms with Crippen molar-refractivity contribution in [2.24, 2.45) is 0 Å². The van der Waals surface area contributed by atoms with Crippen LogP contribution in [0.4, 0.5) is 0 Å².